The third kappa shape index (κ3) is 6.14. The molecular formula is C25H34ClN5O4. The van der Waals surface area contributed by atoms with Gasteiger partial charge in [-0.1, -0.05) is 38.8 Å². The molecule has 35 heavy (non-hydrogen) atoms. The molecule has 0 aliphatic carbocycles. The summed E-state index contributed by atoms with van der Waals surface area (Å²) in [5.41, 5.74) is 5.55. The van der Waals surface area contributed by atoms with Crippen molar-refractivity contribution in [1.29, 1.82) is 0 Å². The van der Waals surface area contributed by atoms with Crippen molar-refractivity contribution >= 4 is 34.9 Å². The summed E-state index contributed by atoms with van der Waals surface area (Å²) in [6.45, 7) is 7.26. The van der Waals surface area contributed by atoms with E-state index in [4.69, 9.17) is 17.3 Å². The average molecular weight is 504 g/mol. The van der Waals surface area contributed by atoms with Crippen LogP contribution in [0.15, 0.2) is 33.9 Å². The summed E-state index contributed by atoms with van der Waals surface area (Å²) >= 11 is 5.94. The van der Waals surface area contributed by atoms with E-state index in [-0.39, 0.29) is 35.8 Å². The van der Waals surface area contributed by atoms with E-state index in [2.05, 4.69) is 4.98 Å². The minimum atomic E-state index is -0.679. The van der Waals surface area contributed by atoms with Crippen LogP contribution in [0.3, 0.4) is 0 Å². The predicted octanol–water partition coefficient (Wildman–Crippen LogP) is 3.11. The number of amides is 2. The first-order chi connectivity index (χ1) is 16.6. The van der Waals surface area contributed by atoms with Crippen LogP contribution in [0.25, 0.3) is 0 Å². The topological polar surface area (TPSA) is 121 Å². The number of likely N-dealkylation sites (tertiary alicyclic amines) is 1. The van der Waals surface area contributed by atoms with Crippen LogP contribution in [0.5, 0.6) is 0 Å². The van der Waals surface area contributed by atoms with Crippen LogP contribution < -0.4 is 21.9 Å². The van der Waals surface area contributed by atoms with Gasteiger partial charge in [0.05, 0.1) is 5.92 Å². The number of piperidine rings is 1. The number of nitrogens with zero attached hydrogens (tertiary/aromatic N) is 3. The standard InChI is InChI=1S/C25H34ClN5O4/c1-4-5-13-30(20-21(27)31(14-16(2)3)25(35)28-22(20)32)24(34)18-7-6-12-29(15-18)23(33)17-8-10-19(26)11-9-17/h8-11,16,18H,4-7,12-15,27H2,1-3H3,(H,28,32,35)/t18-/m0/s1. The molecule has 1 aromatic heterocycles. The molecule has 10 heteroatoms. The molecule has 1 aliphatic heterocycles. The van der Waals surface area contributed by atoms with Crippen LogP contribution >= 0.6 is 11.6 Å². The van der Waals surface area contributed by atoms with Gasteiger partial charge in [0, 0.05) is 36.8 Å². The first-order valence-electron chi connectivity index (χ1n) is 12.1. The highest BCUT2D eigenvalue weighted by Gasteiger charge is 2.34. The fourth-order valence-electron chi connectivity index (χ4n) is 4.39. The van der Waals surface area contributed by atoms with Gasteiger partial charge in [-0.05, 0) is 49.4 Å². The van der Waals surface area contributed by atoms with Gasteiger partial charge in [0.1, 0.15) is 5.82 Å². The number of hydrogen-bond acceptors (Lipinski definition) is 5. The Balaban J connectivity index is 1.92. The second kappa shape index (κ2) is 11.6. The molecule has 0 bridgehead atoms. The van der Waals surface area contributed by atoms with Gasteiger partial charge < -0.3 is 15.5 Å². The number of anilines is 2. The zero-order chi connectivity index (χ0) is 25.7. The summed E-state index contributed by atoms with van der Waals surface area (Å²) in [5, 5.41) is 0.543. The molecule has 2 heterocycles. The second-order valence-corrected chi connectivity index (χ2v) is 9.87. The second-order valence-electron chi connectivity index (χ2n) is 9.44. The SMILES string of the molecule is CCCCN(C(=O)[C@H]1CCCN(C(=O)c2ccc(Cl)cc2)C1)c1c(N)n(CC(C)C)c(=O)[nH]c1=O. The molecule has 2 amide bonds. The molecule has 3 N–H and O–H groups in total. The number of aromatic nitrogens is 2. The van der Waals surface area contributed by atoms with Crippen molar-refractivity contribution in [3.63, 3.8) is 0 Å². The number of benzene rings is 1. The number of nitrogen functional groups attached to an aromatic ring is 1. The molecule has 1 atom stereocenters. The van der Waals surface area contributed by atoms with Crippen molar-refractivity contribution in [3.8, 4) is 0 Å². The maximum atomic E-state index is 13.8. The van der Waals surface area contributed by atoms with Crippen LogP contribution in [-0.2, 0) is 11.3 Å². The highest BCUT2D eigenvalue weighted by Crippen LogP contribution is 2.26. The zero-order valence-electron chi connectivity index (χ0n) is 20.6. The molecule has 2 aromatic rings. The molecule has 1 aliphatic rings. The monoisotopic (exact) mass is 503 g/mol. The van der Waals surface area contributed by atoms with Crippen LogP contribution in [0.1, 0.15) is 56.8 Å². The molecule has 190 valence electrons. The van der Waals surface area contributed by atoms with E-state index in [0.717, 1.165) is 6.42 Å². The van der Waals surface area contributed by atoms with E-state index in [0.29, 0.717) is 49.5 Å². The van der Waals surface area contributed by atoms with Gasteiger partial charge >= 0.3 is 5.69 Å². The average Bonchev–Trinajstić information content (AvgIpc) is 2.83. The predicted molar refractivity (Wildman–Crippen MR) is 138 cm³/mol. The molecule has 1 saturated heterocycles. The van der Waals surface area contributed by atoms with Crippen molar-refractivity contribution in [3.05, 3.63) is 55.7 Å². The number of hydrogen-bond donors (Lipinski definition) is 2. The first-order valence-corrected chi connectivity index (χ1v) is 12.5. The van der Waals surface area contributed by atoms with Gasteiger partial charge in [-0.15, -0.1) is 0 Å². The number of nitrogens with two attached hydrogens (primary N) is 1. The van der Waals surface area contributed by atoms with Crippen LogP contribution in [0.2, 0.25) is 5.02 Å². The van der Waals surface area contributed by atoms with Gasteiger partial charge in [-0.3, -0.25) is 23.9 Å². The van der Waals surface area contributed by atoms with Crippen LogP contribution in [0, 0.1) is 11.8 Å². The number of halogens is 1. The molecule has 1 aromatic carbocycles. The maximum Gasteiger partial charge on any atom is 0.330 e. The van der Waals surface area contributed by atoms with Crippen LogP contribution in [-0.4, -0.2) is 45.9 Å². The minimum Gasteiger partial charge on any atom is -0.383 e. The Labute approximate surface area is 209 Å². The summed E-state index contributed by atoms with van der Waals surface area (Å²) in [4.78, 5) is 57.4. The smallest absolute Gasteiger partial charge is 0.330 e. The Morgan fingerprint density at radius 3 is 2.54 bits per heavy atom. The lowest BCUT2D eigenvalue weighted by molar-refractivity contribution is -0.123. The molecule has 0 radical (unpaired) electrons. The lowest BCUT2D eigenvalue weighted by atomic mass is 9.95. The summed E-state index contributed by atoms with van der Waals surface area (Å²) in [6, 6.07) is 6.66. The largest absolute Gasteiger partial charge is 0.383 e. The molecule has 0 spiro atoms. The van der Waals surface area contributed by atoms with E-state index in [1.807, 2.05) is 20.8 Å². The summed E-state index contributed by atoms with van der Waals surface area (Å²) in [5.74, 6) is -0.816. The Morgan fingerprint density at radius 2 is 1.91 bits per heavy atom. The lowest BCUT2D eigenvalue weighted by Crippen LogP contribution is -2.49. The molecule has 3 rings (SSSR count). The molecule has 0 saturated carbocycles. The third-order valence-corrected chi connectivity index (χ3v) is 6.43. The third-order valence-electron chi connectivity index (χ3n) is 6.18. The lowest BCUT2D eigenvalue weighted by Gasteiger charge is -2.35. The van der Waals surface area contributed by atoms with Gasteiger partial charge in [0.15, 0.2) is 5.69 Å². The number of H-pyrrole nitrogens is 1. The Hall–Kier alpha value is -3.07. The Morgan fingerprint density at radius 1 is 1.23 bits per heavy atom. The Bertz CT molecular complexity index is 1170. The van der Waals surface area contributed by atoms with E-state index >= 15 is 0 Å². The van der Waals surface area contributed by atoms with E-state index in [1.54, 1.807) is 29.2 Å². The quantitative estimate of drug-likeness (QED) is 0.573. The Kier molecular flexibility index (Phi) is 8.77. The summed E-state index contributed by atoms with van der Waals surface area (Å²) < 4.78 is 1.31. The van der Waals surface area contributed by atoms with E-state index < -0.39 is 17.2 Å². The first kappa shape index (κ1) is 26.5. The van der Waals surface area contributed by atoms with Gasteiger partial charge in [0.25, 0.3) is 11.5 Å². The summed E-state index contributed by atoms with van der Waals surface area (Å²) in [6.07, 6.45) is 2.72. The summed E-state index contributed by atoms with van der Waals surface area (Å²) in [7, 11) is 0. The molecule has 1 fully saturated rings. The van der Waals surface area contributed by atoms with Crippen molar-refractivity contribution in [2.24, 2.45) is 11.8 Å². The molecular weight excluding hydrogens is 470 g/mol. The van der Waals surface area contributed by atoms with Gasteiger partial charge in [-0.25, -0.2) is 4.79 Å². The van der Waals surface area contributed by atoms with Gasteiger partial charge in [0.2, 0.25) is 5.91 Å². The normalized spacial score (nSPS) is 15.9. The number of aromatic amines is 1. The zero-order valence-corrected chi connectivity index (χ0v) is 21.3. The fourth-order valence-corrected chi connectivity index (χ4v) is 4.52. The minimum absolute atomic E-state index is 0.00449. The number of unbranched alkanes of at least 4 members (excludes halogenated alkanes) is 1. The van der Waals surface area contributed by atoms with E-state index in [9.17, 15) is 19.2 Å². The number of carbonyl (C=O) groups excluding carboxylic acids is 2. The van der Waals surface area contributed by atoms with Crippen molar-refractivity contribution in [2.75, 3.05) is 30.3 Å². The van der Waals surface area contributed by atoms with E-state index in [1.165, 1.54) is 9.47 Å². The maximum absolute atomic E-state index is 13.8. The number of rotatable bonds is 8. The molecule has 9 nitrogen and oxygen atoms in total. The molecule has 0 unspecified atom stereocenters. The number of carbonyl (C=O) groups is 2. The van der Waals surface area contributed by atoms with Crippen molar-refractivity contribution in [1.82, 2.24) is 14.5 Å². The highest BCUT2D eigenvalue weighted by atomic mass is 35.5. The highest BCUT2D eigenvalue weighted by molar-refractivity contribution is 6.30. The number of nitrogens with one attached hydrogen (secondary N) is 1. The fraction of sp³-hybridized carbons (Fsp3) is 0.520. The van der Waals surface area contributed by atoms with Crippen molar-refractivity contribution < 1.29 is 9.59 Å². The van der Waals surface area contributed by atoms with Crippen LogP contribution in [0.4, 0.5) is 11.5 Å². The van der Waals surface area contributed by atoms with Crippen molar-refractivity contribution in [2.45, 2.75) is 53.0 Å². The van der Waals surface area contributed by atoms with Gasteiger partial charge in [-0.2, -0.15) is 0 Å².